The van der Waals surface area contributed by atoms with Gasteiger partial charge in [-0.05, 0) is 31.0 Å². The summed E-state index contributed by atoms with van der Waals surface area (Å²) in [5.41, 5.74) is 1.77. The van der Waals surface area contributed by atoms with Crippen LogP contribution in [-0.4, -0.2) is 47.7 Å². The maximum Gasteiger partial charge on any atom is 0.341 e. The number of nitrogens with one attached hydrogen (secondary N) is 1. The molecule has 2 aromatic carbocycles. The Balaban J connectivity index is 1.77. The van der Waals surface area contributed by atoms with Crippen LogP contribution in [0.2, 0.25) is 0 Å². The van der Waals surface area contributed by atoms with Crippen molar-refractivity contribution in [1.82, 2.24) is 0 Å². The van der Waals surface area contributed by atoms with E-state index in [1.165, 1.54) is 19.1 Å². The van der Waals surface area contributed by atoms with Crippen LogP contribution in [0.4, 0.5) is 17.1 Å². The number of hydrogen-bond acceptors (Lipinski definition) is 7. The van der Waals surface area contributed by atoms with Crippen molar-refractivity contribution in [2.75, 3.05) is 29.9 Å². The zero-order chi connectivity index (χ0) is 21.0. The van der Waals surface area contributed by atoms with Gasteiger partial charge in [0.25, 0.3) is 11.6 Å². The van der Waals surface area contributed by atoms with Gasteiger partial charge in [0.2, 0.25) is 0 Å². The molecule has 0 aromatic heterocycles. The van der Waals surface area contributed by atoms with Crippen molar-refractivity contribution in [3.63, 3.8) is 0 Å². The van der Waals surface area contributed by atoms with E-state index in [0.29, 0.717) is 6.54 Å². The van der Waals surface area contributed by atoms with E-state index in [9.17, 15) is 19.7 Å². The number of non-ortho nitro benzene ring substituents is 1. The van der Waals surface area contributed by atoms with Gasteiger partial charge in [-0.15, -0.1) is 0 Å². The summed E-state index contributed by atoms with van der Waals surface area (Å²) >= 11 is 0. The van der Waals surface area contributed by atoms with E-state index in [1.54, 1.807) is 4.90 Å². The Morgan fingerprint density at radius 3 is 2.79 bits per heavy atom. The average molecular weight is 399 g/mol. The van der Waals surface area contributed by atoms with E-state index >= 15 is 0 Å². The van der Waals surface area contributed by atoms with Gasteiger partial charge in [0.05, 0.1) is 17.1 Å². The molecule has 1 aliphatic heterocycles. The Morgan fingerprint density at radius 2 is 2.07 bits per heavy atom. The fourth-order valence-electron chi connectivity index (χ4n) is 3.22. The Hall–Kier alpha value is -3.46. The fraction of sp³-hybridized carbons (Fsp3) is 0.300. The molecule has 1 aliphatic rings. The number of ether oxygens (including phenoxy) is 1. The number of aliphatic hydroxyl groups excluding tert-OH is 1. The minimum atomic E-state index is -1.07. The van der Waals surface area contributed by atoms with Gasteiger partial charge >= 0.3 is 5.97 Å². The van der Waals surface area contributed by atoms with Gasteiger partial charge in [-0.2, -0.15) is 0 Å². The second kappa shape index (κ2) is 8.70. The summed E-state index contributed by atoms with van der Waals surface area (Å²) in [4.78, 5) is 37.5. The number of benzene rings is 2. The molecule has 0 bridgehead atoms. The summed E-state index contributed by atoms with van der Waals surface area (Å²) in [5, 5.41) is 22.8. The van der Waals surface area contributed by atoms with Crippen LogP contribution in [0, 0.1) is 10.1 Å². The van der Waals surface area contributed by atoms with E-state index in [0.717, 1.165) is 23.7 Å². The van der Waals surface area contributed by atoms with Gasteiger partial charge in [0, 0.05) is 36.6 Å². The maximum absolute atomic E-state index is 12.8. The van der Waals surface area contributed by atoms with Crippen LogP contribution in [0.1, 0.15) is 22.8 Å². The lowest BCUT2D eigenvalue weighted by Gasteiger charge is -2.22. The van der Waals surface area contributed by atoms with Gasteiger partial charge in [-0.25, -0.2) is 4.79 Å². The predicted octanol–water partition coefficient (Wildman–Crippen LogP) is 2.13. The number of para-hydroxylation sites is 1. The zero-order valence-corrected chi connectivity index (χ0v) is 15.8. The van der Waals surface area contributed by atoms with Gasteiger partial charge in [-0.1, -0.05) is 18.2 Å². The molecule has 3 rings (SSSR count). The second-order valence-electron chi connectivity index (χ2n) is 6.55. The monoisotopic (exact) mass is 399 g/mol. The quantitative estimate of drug-likeness (QED) is 0.415. The highest BCUT2D eigenvalue weighted by Crippen LogP contribution is 2.29. The first kappa shape index (κ1) is 20.3. The minimum Gasteiger partial charge on any atom is -0.449 e. The van der Waals surface area contributed by atoms with Crippen LogP contribution in [-0.2, 0) is 16.0 Å². The number of nitro groups is 1. The first-order valence-electron chi connectivity index (χ1n) is 9.16. The normalized spacial score (nSPS) is 13.5. The number of fused-ring (bicyclic) bond motifs is 1. The van der Waals surface area contributed by atoms with Crippen LogP contribution < -0.4 is 10.2 Å². The fourth-order valence-corrected chi connectivity index (χ4v) is 3.22. The lowest BCUT2D eigenvalue weighted by atomic mass is 10.1. The first-order valence-corrected chi connectivity index (χ1v) is 9.16. The molecular weight excluding hydrogens is 378 g/mol. The summed E-state index contributed by atoms with van der Waals surface area (Å²) in [6.07, 6.45) is -0.346. The molecule has 0 radical (unpaired) electrons. The number of esters is 1. The molecule has 2 aromatic rings. The second-order valence-corrected chi connectivity index (χ2v) is 6.55. The Bertz CT molecular complexity index is 946. The van der Waals surface area contributed by atoms with Crippen LogP contribution >= 0.6 is 0 Å². The molecule has 0 saturated carbocycles. The van der Waals surface area contributed by atoms with Gasteiger partial charge in [0.15, 0.2) is 6.10 Å². The Labute approximate surface area is 167 Å². The number of anilines is 2. The molecule has 152 valence electrons. The number of aliphatic hydroxyl groups is 1. The number of nitrogens with zero attached hydrogens (tertiary/aromatic N) is 2. The number of hydrogen-bond donors (Lipinski definition) is 2. The summed E-state index contributed by atoms with van der Waals surface area (Å²) in [7, 11) is 0. The predicted molar refractivity (Wildman–Crippen MR) is 106 cm³/mol. The third-order valence-corrected chi connectivity index (χ3v) is 4.65. The lowest BCUT2D eigenvalue weighted by molar-refractivity contribution is -0.384. The average Bonchev–Trinajstić information content (AvgIpc) is 3.15. The molecule has 0 spiro atoms. The number of carbonyl (C=O) groups is 2. The molecule has 0 unspecified atom stereocenters. The van der Waals surface area contributed by atoms with Gasteiger partial charge in [-0.3, -0.25) is 14.9 Å². The van der Waals surface area contributed by atoms with E-state index < -0.39 is 17.0 Å². The standard InChI is InChI=1S/C20H21N3O6/c1-13(19(25)22-10-8-14-4-2-3-5-18(14)22)29-20(26)16-12-15(23(27)28)6-7-17(16)21-9-11-24/h2-7,12-13,21,24H,8-11H2,1H3/t13-/m1/s1. The highest BCUT2D eigenvalue weighted by Gasteiger charge is 2.30. The maximum atomic E-state index is 12.8. The van der Waals surface area contributed by atoms with Crippen molar-refractivity contribution in [3.8, 4) is 0 Å². The topological polar surface area (TPSA) is 122 Å². The van der Waals surface area contributed by atoms with Crippen LogP contribution in [0.3, 0.4) is 0 Å². The highest BCUT2D eigenvalue weighted by atomic mass is 16.6. The number of amides is 1. The van der Waals surface area contributed by atoms with Gasteiger partial charge in [0.1, 0.15) is 0 Å². The smallest absolute Gasteiger partial charge is 0.341 e. The summed E-state index contributed by atoms with van der Waals surface area (Å²) in [6, 6.07) is 11.2. The van der Waals surface area contributed by atoms with Crippen molar-refractivity contribution in [2.24, 2.45) is 0 Å². The molecule has 0 fully saturated rings. The van der Waals surface area contributed by atoms with E-state index in [2.05, 4.69) is 5.32 Å². The van der Waals surface area contributed by atoms with Crippen LogP contribution in [0.15, 0.2) is 42.5 Å². The Kier molecular flexibility index (Phi) is 6.08. The molecule has 29 heavy (non-hydrogen) atoms. The molecule has 9 nitrogen and oxygen atoms in total. The van der Waals surface area contributed by atoms with Crippen molar-refractivity contribution >= 4 is 28.9 Å². The van der Waals surface area contributed by atoms with Crippen molar-refractivity contribution < 1.29 is 24.4 Å². The molecule has 1 amide bonds. The van der Waals surface area contributed by atoms with E-state index in [1.807, 2.05) is 24.3 Å². The summed E-state index contributed by atoms with van der Waals surface area (Å²) in [6.45, 7) is 1.94. The third-order valence-electron chi connectivity index (χ3n) is 4.65. The van der Waals surface area contributed by atoms with E-state index in [4.69, 9.17) is 9.84 Å². The van der Waals surface area contributed by atoms with Crippen molar-refractivity contribution in [3.05, 3.63) is 63.7 Å². The zero-order valence-electron chi connectivity index (χ0n) is 15.8. The Morgan fingerprint density at radius 1 is 1.31 bits per heavy atom. The highest BCUT2D eigenvalue weighted by molar-refractivity contribution is 6.02. The molecule has 0 saturated heterocycles. The third kappa shape index (κ3) is 4.35. The number of nitro benzene ring substituents is 1. The molecule has 9 heteroatoms. The first-order chi connectivity index (χ1) is 13.9. The largest absolute Gasteiger partial charge is 0.449 e. The molecule has 2 N–H and O–H groups in total. The summed E-state index contributed by atoms with van der Waals surface area (Å²) in [5.74, 6) is -1.22. The van der Waals surface area contributed by atoms with E-state index in [-0.39, 0.29) is 36.0 Å². The molecule has 1 atom stereocenters. The van der Waals surface area contributed by atoms with Crippen molar-refractivity contribution in [2.45, 2.75) is 19.4 Å². The van der Waals surface area contributed by atoms with Crippen LogP contribution in [0.25, 0.3) is 0 Å². The number of rotatable bonds is 7. The van der Waals surface area contributed by atoms with Crippen molar-refractivity contribution in [1.29, 1.82) is 0 Å². The van der Waals surface area contributed by atoms with Gasteiger partial charge < -0.3 is 20.1 Å². The molecule has 0 aliphatic carbocycles. The lowest BCUT2D eigenvalue weighted by Crippen LogP contribution is -2.39. The molecular formula is C20H21N3O6. The SMILES string of the molecule is C[C@@H](OC(=O)c1cc([N+](=O)[O-])ccc1NCCO)C(=O)N1CCc2ccccc21. The van der Waals surface area contributed by atoms with Crippen LogP contribution in [0.5, 0.6) is 0 Å². The minimum absolute atomic E-state index is 0.0749. The summed E-state index contributed by atoms with van der Waals surface area (Å²) < 4.78 is 5.33. The number of carbonyl (C=O) groups excluding carboxylic acids is 2. The molecule has 1 heterocycles.